The van der Waals surface area contributed by atoms with Crippen LogP contribution in [-0.4, -0.2) is 4.98 Å². The van der Waals surface area contributed by atoms with Crippen molar-refractivity contribution in [3.05, 3.63) is 41.7 Å². The van der Waals surface area contributed by atoms with E-state index in [-0.39, 0.29) is 0 Å². The van der Waals surface area contributed by atoms with Gasteiger partial charge < -0.3 is 4.98 Å². The van der Waals surface area contributed by atoms with Gasteiger partial charge in [0.1, 0.15) is 0 Å². The van der Waals surface area contributed by atoms with Gasteiger partial charge in [-0.3, -0.25) is 0 Å². The SMILES string of the molecule is C=Cc1[nH]c(CC)c(/C=C\C)c1C=C.CC.CC. The molecule has 0 bridgehead atoms. The lowest BCUT2D eigenvalue weighted by Gasteiger charge is -1.96. The van der Waals surface area contributed by atoms with Crippen LogP contribution < -0.4 is 0 Å². The molecule has 0 radical (unpaired) electrons. The van der Waals surface area contributed by atoms with Gasteiger partial charge in [0, 0.05) is 22.5 Å². The zero-order valence-corrected chi connectivity index (χ0v) is 12.9. The molecule has 1 nitrogen and oxygen atoms in total. The molecule has 1 N–H and O–H groups in total. The minimum atomic E-state index is 0.994. The van der Waals surface area contributed by atoms with Crippen LogP contribution in [0.2, 0.25) is 0 Å². The number of aromatic nitrogens is 1. The van der Waals surface area contributed by atoms with E-state index in [2.05, 4.69) is 31.1 Å². The summed E-state index contributed by atoms with van der Waals surface area (Å²) < 4.78 is 0. The van der Waals surface area contributed by atoms with Gasteiger partial charge in [-0.05, 0) is 19.4 Å². The van der Waals surface area contributed by atoms with Crippen molar-refractivity contribution >= 4 is 18.2 Å². The molecule has 0 unspecified atom stereocenters. The van der Waals surface area contributed by atoms with E-state index in [1.165, 1.54) is 11.3 Å². The summed E-state index contributed by atoms with van der Waals surface area (Å²) in [6.45, 7) is 19.8. The molecular weight excluding hydrogens is 218 g/mol. The fraction of sp³-hybridized carbons (Fsp3) is 0.412. The van der Waals surface area contributed by atoms with Gasteiger partial charge in [-0.15, -0.1) is 0 Å². The molecule has 0 aliphatic heterocycles. The molecule has 0 aromatic carbocycles. The van der Waals surface area contributed by atoms with E-state index in [1.807, 2.05) is 52.8 Å². The summed E-state index contributed by atoms with van der Waals surface area (Å²) in [5.74, 6) is 0. The van der Waals surface area contributed by atoms with Crippen LogP contribution in [0.1, 0.15) is 64.1 Å². The van der Waals surface area contributed by atoms with Crippen LogP contribution in [0, 0.1) is 0 Å². The minimum Gasteiger partial charge on any atom is -0.358 e. The Labute approximate surface area is 113 Å². The molecule has 0 spiro atoms. The average molecular weight is 247 g/mol. The van der Waals surface area contributed by atoms with Gasteiger partial charge in [-0.1, -0.05) is 66.0 Å². The van der Waals surface area contributed by atoms with Crippen LogP contribution in [0.4, 0.5) is 0 Å². The van der Waals surface area contributed by atoms with E-state index in [4.69, 9.17) is 0 Å². The maximum atomic E-state index is 3.83. The molecular formula is C17H29N. The summed E-state index contributed by atoms with van der Waals surface area (Å²) in [6.07, 6.45) is 8.86. The zero-order chi connectivity index (χ0) is 14.6. The van der Waals surface area contributed by atoms with Crippen molar-refractivity contribution in [1.29, 1.82) is 0 Å². The van der Waals surface area contributed by atoms with Gasteiger partial charge in [0.2, 0.25) is 0 Å². The number of rotatable bonds is 4. The number of H-pyrrole nitrogens is 1. The molecule has 1 heteroatoms. The number of aromatic amines is 1. The average Bonchev–Trinajstić information content (AvgIpc) is 2.80. The third-order valence-corrected chi connectivity index (χ3v) is 2.29. The predicted molar refractivity (Wildman–Crippen MR) is 87.8 cm³/mol. The van der Waals surface area contributed by atoms with Crippen LogP contribution in [-0.2, 0) is 6.42 Å². The Hall–Kier alpha value is -1.50. The summed E-state index contributed by atoms with van der Waals surface area (Å²) >= 11 is 0. The van der Waals surface area contributed by atoms with E-state index in [0.717, 1.165) is 17.7 Å². The maximum absolute atomic E-state index is 3.83. The molecule has 0 saturated heterocycles. The van der Waals surface area contributed by atoms with E-state index in [9.17, 15) is 0 Å². The number of aryl methyl sites for hydroxylation is 1. The molecule has 0 saturated carbocycles. The Morgan fingerprint density at radius 2 is 1.56 bits per heavy atom. The van der Waals surface area contributed by atoms with Crippen molar-refractivity contribution in [2.75, 3.05) is 0 Å². The number of hydrogen-bond acceptors (Lipinski definition) is 0. The smallest absolute Gasteiger partial charge is 0.0456 e. The fourth-order valence-corrected chi connectivity index (χ4v) is 1.62. The first-order valence-electron chi connectivity index (χ1n) is 6.90. The Bertz CT molecular complexity index is 367. The first-order valence-corrected chi connectivity index (χ1v) is 6.90. The monoisotopic (exact) mass is 247 g/mol. The topological polar surface area (TPSA) is 15.8 Å². The van der Waals surface area contributed by atoms with Crippen molar-refractivity contribution in [3.8, 4) is 0 Å². The Kier molecular flexibility index (Phi) is 12.5. The summed E-state index contributed by atoms with van der Waals surface area (Å²) in [6, 6.07) is 0. The summed E-state index contributed by atoms with van der Waals surface area (Å²) in [5.41, 5.74) is 4.69. The molecule has 1 heterocycles. The molecule has 0 fully saturated rings. The lowest BCUT2D eigenvalue weighted by molar-refractivity contribution is 1.05. The lowest BCUT2D eigenvalue weighted by Crippen LogP contribution is -1.82. The zero-order valence-electron chi connectivity index (χ0n) is 12.9. The van der Waals surface area contributed by atoms with E-state index >= 15 is 0 Å². The molecule has 0 aliphatic rings. The van der Waals surface area contributed by atoms with Crippen LogP contribution in [0.3, 0.4) is 0 Å². The second-order valence-electron chi connectivity index (χ2n) is 3.11. The van der Waals surface area contributed by atoms with Crippen molar-refractivity contribution < 1.29 is 0 Å². The second kappa shape index (κ2) is 12.0. The molecule has 0 amide bonds. The third-order valence-electron chi connectivity index (χ3n) is 2.29. The Morgan fingerprint density at radius 3 is 1.89 bits per heavy atom. The minimum absolute atomic E-state index is 0.994. The van der Waals surface area contributed by atoms with Crippen molar-refractivity contribution in [2.24, 2.45) is 0 Å². The lowest BCUT2D eigenvalue weighted by atomic mass is 10.1. The number of hydrogen-bond donors (Lipinski definition) is 1. The summed E-state index contributed by atoms with van der Waals surface area (Å²) in [4.78, 5) is 3.34. The van der Waals surface area contributed by atoms with Gasteiger partial charge >= 0.3 is 0 Å². The molecule has 1 rings (SSSR count). The van der Waals surface area contributed by atoms with Gasteiger partial charge in [0.25, 0.3) is 0 Å². The van der Waals surface area contributed by atoms with Crippen LogP contribution in [0.5, 0.6) is 0 Å². The van der Waals surface area contributed by atoms with Crippen molar-refractivity contribution in [3.63, 3.8) is 0 Å². The van der Waals surface area contributed by atoms with E-state index in [0.29, 0.717) is 0 Å². The summed E-state index contributed by atoms with van der Waals surface area (Å²) in [7, 11) is 0. The van der Waals surface area contributed by atoms with Gasteiger partial charge in [-0.2, -0.15) is 0 Å². The molecule has 102 valence electrons. The number of allylic oxidation sites excluding steroid dienone is 1. The van der Waals surface area contributed by atoms with Gasteiger partial charge in [0.05, 0.1) is 0 Å². The van der Waals surface area contributed by atoms with Crippen molar-refractivity contribution in [2.45, 2.75) is 48.0 Å². The number of nitrogens with one attached hydrogen (secondary N) is 1. The van der Waals surface area contributed by atoms with Crippen LogP contribution in [0.25, 0.3) is 18.2 Å². The highest BCUT2D eigenvalue weighted by Crippen LogP contribution is 2.23. The Morgan fingerprint density at radius 1 is 1.00 bits per heavy atom. The first-order chi connectivity index (χ1) is 8.78. The van der Waals surface area contributed by atoms with E-state index in [1.54, 1.807) is 0 Å². The quantitative estimate of drug-likeness (QED) is 0.676. The molecule has 1 aromatic heterocycles. The fourth-order valence-electron chi connectivity index (χ4n) is 1.62. The molecule has 1 aromatic rings. The highest BCUT2D eigenvalue weighted by molar-refractivity contribution is 5.73. The second-order valence-corrected chi connectivity index (χ2v) is 3.11. The highest BCUT2D eigenvalue weighted by Gasteiger charge is 2.08. The summed E-state index contributed by atoms with van der Waals surface area (Å²) in [5, 5.41) is 0. The van der Waals surface area contributed by atoms with Crippen LogP contribution in [0.15, 0.2) is 19.2 Å². The third kappa shape index (κ3) is 4.79. The van der Waals surface area contributed by atoms with Gasteiger partial charge in [-0.25, -0.2) is 0 Å². The van der Waals surface area contributed by atoms with Crippen molar-refractivity contribution in [1.82, 2.24) is 4.98 Å². The molecule has 0 atom stereocenters. The van der Waals surface area contributed by atoms with Crippen LogP contribution >= 0.6 is 0 Å². The largest absolute Gasteiger partial charge is 0.358 e. The first kappa shape index (κ1) is 18.9. The highest BCUT2D eigenvalue weighted by atomic mass is 14.7. The molecule has 18 heavy (non-hydrogen) atoms. The molecule has 0 aliphatic carbocycles. The van der Waals surface area contributed by atoms with E-state index < -0.39 is 0 Å². The standard InChI is InChI=1S/C13H17N.2C2H6/c1-5-9-11-10(6-2)12(7-3)14-13(11)8-4;2*1-2/h5-7,9,14H,2-3,8H2,1,4H3;2*1-2H3/b9-5-;;. The Balaban J connectivity index is 0. The normalized spacial score (nSPS) is 9.00. The predicted octanol–water partition coefficient (Wildman–Crippen LogP) is 5.95. The maximum Gasteiger partial charge on any atom is 0.0456 e. The van der Waals surface area contributed by atoms with Gasteiger partial charge in [0.15, 0.2) is 0 Å².